The van der Waals surface area contributed by atoms with E-state index in [4.69, 9.17) is 4.74 Å². The van der Waals surface area contributed by atoms with E-state index < -0.39 is 0 Å². The van der Waals surface area contributed by atoms with Gasteiger partial charge < -0.3 is 15.0 Å². The van der Waals surface area contributed by atoms with E-state index in [1.807, 2.05) is 0 Å². The Morgan fingerprint density at radius 1 is 1.35 bits per heavy atom. The standard InChI is InChI=1S/C14H22N2O/c1-3-12-4-6-13(7-5-12)15-10-14-11-16(2)8-9-17-14/h4-7,14-15H,3,8-11H2,1-2H3. The largest absolute Gasteiger partial charge is 0.382 e. The molecule has 0 amide bonds. The molecule has 94 valence electrons. The molecule has 2 rings (SSSR count). The Kier molecular flexibility index (Phi) is 4.40. The number of ether oxygens (including phenoxy) is 1. The smallest absolute Gasteiger partial charge is 0.0874 e. The van der Waals surface area contributed by atoms with Crippen molar-refractivity contribution in [3.8, 4) is 0 Å². The predicted molar refractivity (Wildman–Crippen MR) is 71.5 cm³/mol. The first kappa shape index (κ1) is 12.4. The average Bonchev–Trinajstić information content (AvgIpc) is 2.37. The first-order valence-electron chi connectivity index (χ1n) is 6.41. The van der Waals surface area contributed by atoms with Gasteiger partial charge in [0.2, 0.25) is 0 Å². The molecule has 1 N–H and O–H groups in total. The van der Waals surface area contributed by atoms with Crippen LogP contribution in [0, 0.1) is 0 Å². The van der Waals surface area contributed by atoms with Gasteiger partial charge in [-0.1, -0.05) is 19.1 Å². The van der Waals surface area contributed by atoms with Crippen molar-refractivity contribution in [2.45, 2.75) is 19.4 Å². The molecule has 1 heterocycles. The van der Waals surface area contributed by atoms with Gasteiger partial charge in [0, 0.05) is 25.3 Å². The van der Waals surface area contributed by atoms with Crippen LogP contribution in [0.25, 0.3) is 0 Å². The van der Waals surface area contributed by atoms with Crippen molar-refractivity contribution in [2.75, 3.05) is 38.6 Å². The lowest BCUT2D eigenvalue weighted by molar-refractivity contribution is -0.0117. The molecule has 3 nitrogen and oxygen atoms in total. The Hall–Kier alpha value is -1.06. The SMILES string of the molecule is CCc1ccc(NCC2CN(C)CCO2)cc1. The zero-order valence-corrected chi connectivity index (χ0v) is 10.8. The zero-order valence-electron chi connectivity index (χ0n) is 10.8. The van der Waals surface area contributed by atoms with Gasteiger partial charge in [0.15, 0.2) is 0 Å². The van der Waals surface area contributed by atoms with Gasteiger partial charge in [-0.05, 0) is 31.2 Å². The Morgan fingerprint density at radius 2 is 2.12 bits per heavy atom. The number of hydrogen-bond acceptors (Lipinski definition) is 3. The molecule has 0 spiro atoms. The normalized spacial score (nSPS) is 21.4. The fourth-order valence-electron chi connectivity index (χ4n) is 2.08. The monoisotopic (exact) mass is 234 g/mol. The molecule has 1 atom stereocenters. The van der Waals surface area contributed by atoms with E-state index in [1.54, 1.807) is 0 Å². The molecule has 1 fully saturated rings. The van der Waals surface area contributed by atoms with E-state index in [1.165, 1.54) is 11.3 Å². The highest BCUT2D eigenvalue weighted by molar-refractivity contribution is 5.44. The van der Waals surface area contributed by atoms with Crippen molar-refractivity contribution in [3.63, 3.8) is 0 Å². The van der Waals surface area contributed by atoms with Crippen molar-refractivity contribution in [3.05, 3.63) is 29.8 Å². The highest BCUT2D eigenvalue weighted by Gasteiger charge is 2.16. The van der Waals surface area contributed by atoms with E-state index in [2.05, 4.69) is 48.5 Å². The number of hydrogen-bond donors (Lipinski definition) is 1. The summed E-state index contributed by atoms with van der Waals surface area (Å²) >= 11 is 0. The minimum Gasteiger partial charge on any atom is -0.382 e. The van der Waals surface area contributed by atoms with Crippen LogP contribution >= 0.6 is 0 Å². The third-order valence-electron chi connectivity index (χ3n) is 3.24. The summed E-state index contributed by atoms with van der Waals surface area (Å²) in [6.45, 7) is 5.96. The number of rotatable bonds is 4. The molecule has 3 heteroatoms. The van der Waals surface area contributed by atoms with E-state index in [0.717, 1.165) is 32.7 Å². The Bertz CT molecular complexity index is 337. The van der Waals surface area contributed by atoms with Crippen molar-refractivity contribution >= 4 is 5.69 Å². The van der Waals surface area contributed by atoms with Gasteiger partial charge in [0.1, 0.15) is 0 Å². The first-order valence-corrected chi connectivity index (χ1v) is 6.41. The molecule has 0 saturated carbocycles. The maximum atomic E-state index is 5.71. The third kappa shape index (κ3) is 3.72. The first-order chi connectivity index (χ1) is 8.28. The zero-order chi connectivity index (χ0) is 12.1. The Morgan fingerprint density at radius 3 is 2.76 bits per heavy atom. The fourth-order valence-corrected chi connectivity index (χ4v) is 2.08. The number of benzene rings is 1. The van der Waals surface area contributed by atoms with Crippen LogP contribution in [0.4, 0.5) is 5.69 Å². The minimum atomic E-state index is 0.305. The molecule has 1 aliphatic rings. The second-order valence-electron chi connectivity index (χ2n) is 4.69. The highest BCUT2D eigenvalue weighted by Crippen LogP contribution is 2.11. The minimum absolute atomic E-state index is 0.305. The molecule has 1 saturated heterocycles. The van der Waals surface area contributed by atoms with Gasteiger partial charge in [-0.2, -0.15) is 0 Å². The summed E-state index contributed by atoms with van der Waals surface area (Å²) in [5.74, 6) is 0. The van der Waals surface area contributed by atoms with Crippen molar-refractivity contribution in [1.29, 1.82) is 0 Å². The average molecular weight is 234 g/mol. The summed E-state index contributed by atoms with van der Waals surface area (Å²) in [5.41, 5.74) is 2.56. The Labute approximate surface area is 104 Å². The van der Waals surface area contributed by atoms with Crippen LogP contribution in [-0.2, 0) is 11.2 Å². The predicted octanol–water partition coefficient (Wildman–Crippen LogP) is 1.99. The lowest BCUT2D eigenvalue weighted by atomic mass is 10.1. The summed E-state index contributed by atoms with van der Waals surface area (Å²) in [4.78, 5) is 2.32. The molecular formula is C14H22N2O. The van der Waals surface area contributed by atoms with Gasteiger partial charge >= 0.3 is 0 Å². The van der Waals surface area contributed by atoms with Crippen LogP contribution in [0.15, 0.2) is 24.3 Å². The molecule has 17 heavy (non-hydrogen) atoms. The number of likely N-dealkylation sites (N-methyl/N-ethyl adjacent to an activating group) is 1. The maximum Gasteiger partial charge on any atom is 0.0874 e. The molecule has 0 aromatic heterocycles. The van der Waals surface area contributed by atoms with Gasteiger partial charge in [0.05, 0.1) is 12.7 Å². The number of nitrogens with zero attached hydrogens (tertiary/aromatic N) is 1. The molecule has 0 radical (unpaired) electrons. The van der Waals surface area contributed by atoms with Crippen molar-refractivity contribution < 1.29 is 4.74 Å². The van der Waals surface area contributed by atoms with Gasteiger partial charge in [-0.3, -0.25) is 0 Å². The van der Waals surface area contributed by atoms with Gasteiger partial charge in [0.25, 0.3) is 0 Å². The number of morpholine rings is 1. The van der Waals surface area contributed by atoms with Gasteiger partial charge in [-0.25, -0.2) is 0 Å². The van der Waals surface area contributed by atoms with Crippen molar-refractivity contribution in [2.24, 2.45) is 0 Å². The van der Waals surface area contributed by atoms with Crippen LogP contribution in [0.2, 0.25) is 0 Å². The molecule has 0 bridgehead atoms. The van der Waals surface area contributed by atoms with Crippen LogP contribution in [0.5, 0.6) is 0 Å². The third-order valence-corrected chi connectivity index (χ3v) is 3.24. The molecule has 0 aliphatic carbocycles. The lowest BCUT2D eigenvalue weighted by Gasteiger charge is -2.30. The van der Waals surface area contributed by atoms with E-state index in [-0.39, 0.29) is 0 Å². The second-order valence-corrected chi connectivity index (χ2v) is 4.69. The van der Waals surface area contributed by atoms with Gasteiger partial charge in [-0.15, -0.1) is 0 Å². The van der Waals surface area contributed by atoms with Crippen LogP contribution in [-0.4, -0.2) is 44.3 Å². The second kappa shape index (κ2) is 6.03. The number of aryl methyl sites for hydroxylation is 1. The summed E-state index contributed by atoms with van der Waals surface area (Å²) in [5, 5.41) is 3.43. The van der Waals surface area contributed by atoms with E-state index in [0.29, 0.717) is 6.10 Å². The van der Waals surface area contributed by atoms with Crippen LogP contribution in [0.3, 0.4) is 0 Å². The molecule has 1 aliphatic heterocycles. The van der Waals surface area contributed by atoms with Crippen LogP contribution in [0.1, 0.15) is 12.5 Å². The quantitative estimate of drug-likeness (QED) is 0.862. The van der Waals surface area contributed by atoms with E-state index >= 15 is 0 Å². The summed E-state index contributed by atoms with van der Waals surface area (Å²) in [6, 6.07) is 8.64. The van der Waals surface area contributed by atoms with Crippen LogP contribution < -0.4 is 5.32 Å². The van der Waals surface area contributed by atoms with Crippen molar-refractivity contribution in [1.82, 2.24) is 4.90 Å². The molecule has 1 aromatic carbocycles. The van der Waals surface area contributed by atoms with E-state index in [9.17, 15) is 0 Å². The Balaban J connectivity index is 1.80. The summed E-state index contributed by atoms with van der Waals surface area (Å²) in [7, 11) is 2.14. The number of nitrogens with one attached hydrogen (secondary N) is 1. The topological polar surface area (TPSA) is 24.5 Å². The molecule has 1 aromatic rings. The number of anilines is 1. The maximum absolute atomic E-state index is 5.71. The summed E-state index contributed by atoms with van der Waals surface area (Å²) < 4.78 is 5.71. The highest BCUT2D eigenvalue weighted by atomic mass is 16.5. The molecule has 1 unspecified atom stereocenters. The fraction of sp³-hybridized carbons (Fsp3) is 0.571. The summed E-state index contributed by atoms with van der Waals surface area (Å²) in [6.07, 6.45) is 1.40. The molecular weight excluding hydrogens is 212 g/mol. The lowest BCUT2D eigenvalue weighted by Crippen LogP contribution is -2.43.